The smallest absolute Gasteiger partial charge is 0.320 e. The first-order valence-corrected chi connectivity index (χ1v) is 10.4. The summed E-state index contributed by atoms with van der Waals surface area (Å²) in [4.78, 5) is 29.6. The highest BCUT2D eigenvalue weighted by Gasteiger charge is 2.33. The summed E-state index contributed by atoms with van der Waals surface area (Å²) >= 11 is 0. The van der Waals surface area contributed by atoms with Crippen LogP contribution in [-0.4, -0.2) is 61.4 Å². The molecule has 2 saturated heterocycles. The molecule has 0 saturated carbocycles. The second kappa shape index (κ2) is 6.50. The molecule has 0 aliphatic carbocycles. The highest BCUT2D eigenvalue weighted by molar-refractivity contribution is 5.76. The van der Waals surface area contributed by atoms with Crippen molar-refractivity contribution in [2.24, 2.45) is 5.41 Å². The number of aromatic amines is 1. The summed E-state index contributed by atoms with van der Waals surface area (Å²) in [5, 5.41) is 0. The first-order chi connectivity index (χ1) is 13.5. The quantitative estimate of drug-likeness (QED) is 0.701. The molecular weight excluding hydrogens is 352 g/mol. The maximum atomic E-state index is 13.1. The van der Waals surface area contributed by atoms with Crippen molar-refractivity contribution in [3.05, 3.63) is 30.5 Å². The van der Waals surface area contributed by atoms with E-state index in [1.165, 1.54) is 0 Å². The molecule has 0 bridgehead atoms. The number of carbonyl (C=O) groups is 1. The monoisotopic (exact) mass is 380 g/mol. The minimum Gasteiger partial charge on any atom is -0.345 e. The van der Waals surface area contributed by atoms with Gasteiger partial charge in [0.05, 0.1) is 23.4 Å². The predicted octanol–water partition coefficient (Wildman–Crippen LogP) is 3.63. The van der Waals surface area contributed by atoms with E-state index in [0.717, 1.165) is 74.4 Å². The van der Waals surface area contributed by atoms with Gasteiger partial charge in [-0.25, -0.2) is 14.8 Å². The number of hydrogen-bond donors (Lipinski definition) is 1. The van der Waals surface area contributed by atoms with Gasteiger partial charge in [0, 0.05) is 38.3 Å². The number of hydrogen-bond acceptors (Lipinski definition) is 3. The van der Waals surface area contributed by atoms with Crippen LogP contribution >= 0.6 is 0 Å². The standard InChI is InChI=1S/C21H28N6O/c1-21(2)6-10-25(11-7-21)20(28)26-9-3-4-15(14-26)19-24-13-16-12-23-18-17(27(16)19)5-8-22-18/h5,8,12-13,15,22H,3-4,6-7,9-11,14H2,1-2H3/t15-/m1/s1. The lowest BCUT2D eigenvalue weighted by molar-refractivity contribution is 0.103. The van der Waals surface area contributed by atoms with E-state index in [-0.39, 0.29) is 11.9 Å². The fourth-order valence-corrected chi connectivity index (χ4v) is 4.65. The third-order valence-electron chi connectivity index (χ3n) is 6.53. The number of nitrogens with one attached hydrogen (secondary N) is 1. The number of nitrogens with zero attached hydrogens (tertiary/aromatic N) is 5. The maximum Gasteiger partial charge on any atom is 0.320 e. The molecule has 2 aliphatic heterocycles. The molecule has 3 aromatic rings. The first kappa shape index (κ1) is 17.5. The molecule has 5 rings (SSSR count). The van der Waals surface area contributed by atoms with E-state index in [2.05, 4.69) is 28.2 Å². The van der Waals surface area contributed by atoms with E-state index < -0.39 is 0 Å². The third-order valence-corrected chi connectivity index (χ3v) is 6.53. The first-order valence-electron chi connectivity index (χ1n) is 10.4. The molecular formula is C21H28N6O. The van der Waals surface area contributed by atoms with Gasteiger partial charge in [-0.05, 0) is 37.2 Å². The zero-order valence-electron chi connectivity index (χ0n) is 16.7. The van der Waals surface area contributed by atoms with Gasteiger partial charge in [-0.15, -0.1) is 0 Å². The average molecular weight is 380 g/mol. The van der Waals surface area contributed by atoms with Crippen LogP contribution in [0.15, 0.2) is 24.7 Å². The van der Waals surface area contributed by atoms with Crippen molar-refractivity contribution in [2.45, 2.75) is 45.4 Å². The summed E-state index contributed by atoms with van der Waals surface area (Å²) in [6.45, 7) is 7.92. The van der Waals surface area contributed by atoms with E-state index in [1.807, 2.05) is 34.5 Å². The van der Waals surface area contributed by atoms with Gasteiger partial charge in [-0.1, -0.05) is 13.8 Å². The van der Waals surface area contributed by atoms with Crippen molar-refractivity contribution in [2.75, 3.05) is 26.2 Å². The van der Waals surface area contributed by atoms with Gasteiger partial charge in [0.25, 0.3) is 0 Å². The Morgan fingerprint density at radius 3 is 2.75 bits per heavy atom. The SMILES string of the molecule is CC1(C)CCN(C(=O)N2CCC[C@@H](c3ncc4cnc5[nH]ccc5n34)C2)CC1. The Labute approximate surface area is 164 Å². The van der Waals surface area contributed by atoms with E-state index in [1.54, 1.807) is 0 Å². The van der Waals surface area contributed by atoms with Crippen molar-refractivity contribution < 1.29 is 4.79 Å². The summed E-state index contributed by atoms with van der Waals surface area (Å²) in [5.41, 5.74) is 3.27. The number of aromatic nitrogens is 4. The molecule has 1 atom stereocenters. The van der Waals surface area contributed by atoms with Crippen LogP contribution in [0.2, 0.25) is 0 Å². The Hall–Kier alpha value is -2.57. The Bertz CT molecular complexity index is 1010. The molecule has 2 amide bonds. The minimum atomic E-state index is 0.203. The molecule has 1 N–H and O–H groups in total. The van der Waals surface area contributed by atoms with Crippen LogP contribution in [-0.2, 0) is 0 Å². The zero-order chi connectivity index (χ0) is 19.3. The summed E-state index contributed by atoms with van der Waals surface area (Å²) in [6, 6.07) is 2.25. The second-order valence-corrected chi connectivity index (χ2v) is 9.07. The van der Waals surface area contributed by atoms with Crippen LogP contribution in [0, 0.1) is 5.41 Å². The normalized spacial score (nSPS) is 22.9. The Balaban J connectivity index is 1.38. The molecule has 2 fully saturated rings. The summed E-state index contributed by atoms with van der Waals surface area (Å²) in [7, 11) is 0. The molecule has 0 radical (unpaired) electrons. The number of fused-ring (bicyclic) bond motifs is 3. The predicted molar refractivity (Wildman–Crippen MR) is 108 cm³/mol. The highest BCUT2D eigenvalue weighted by Crippen LogP contribution is 2.32. The number of piperidine rings is 2. The minimum absolute atomic E-state index is 0.203. The third kappa shape index (κ3) is 2.93. The van der Waals surface area contributed by atoms with E-state index >= 15 is 0 Å². The molecule has 0 aromatic carbocycles. The van der Waals surface area contributed by atoms with Gasteiger partial charge in [0.1, 0.15) is 5.82 Å². The molecule has 5 heterocycles. The fraction of sp³-hybridized carbons (Fsp3) is 0.571. The van der Waals surface area contributed by atoms with Crippen molar-refractivity contribution >= 4 is 22.7 Å². The molecule has 3 aromatic heterocycles. The number of H-pyrrole nitrogens is 1. The van der Waals surface area contributed by atoms with Crippen molar-refractivity contribution in [3.63, 3.8) is 0 Å². The number of imidazole rings is 1. The van der Waals surface area contributed by atoms with Crippen LogP contribution in [0.25, 0.3) is 16.7 Å². The van der Waals surface area contributed by atoms with E-state index in [4.69, 9.17) is 4.98 Å². The van der Waals surface area contributed by atoms with Crippen LogP contribution in [0.5, 0.6) is 0 Å². The van der Waals surface area contributed by atoms with Gasteiger partial charge in [-0.2, -0.15) is 0 Å². The van der Waals surface area contributed by atoms with Crippen molar-refractivity contribution in [1.82, 2.24) is 29.2 Å². The van der Waals surface area contributed by atoms with E-state index in [0.29, 0.717) is 5.41 Å². The largest absolute Gasteiger partial charge is 0.345 e. The lowest BCUT2D eigenvalue weighted by Crippen LogP contribution is -2.50. The lowest BCUT2D eigenvalue weighted by atomic mass is 9.83. The molecule has 2 aliphatic rings. The number of urea groups is 1. The van der Waals surface area contributed by atoms with Crippen LogP contribution in [0.4, 0.5) is 4.79 Å². The second-order valence-electron chi connectivity index (χ2n) is 9.07. The van der Waals surface area contributed by atoms with Gasteiger partial charge >= 0.3 is 6.03 Å². The molecule has 0 spiro atoms. The maximum absolute atomic E-state index is 13.1. The van der Waals surface area contributed by atoms with Gasteiger partial charge in [-0.3, -0.25) is 4.40 Å². The number of likely N-dealkylation sites (tertiary alicyclic amines) is 2. The summed E-state index contributed by atoms with van der Waals surface area (Å²) in [6.07, 6.45) is 9.91. The molecule has 28 heavy (non-hydrogen) atoms. The highest BCUT2D eigenvalue weighted by atomic mass is 16.2. The molecule has 0 unspecified atom stereocenters. The van der Waals surface area contributed by atoms with Crippen molar-refractivity contribution in [3.8, 4) is 0 Å². The van der Waals surface area contributed by atoms with Crippen molar-refractivity contribution in [1.29, 1.82) is 0 Å². The topological polar surface area (TPSA) is 69.5 Å². The van der Waals surface area contributed by atoms with E-state index in [9.17, 15) is 4.79 Å². The van der Waals surface area contributed by atoms with Gasteiger partial charge in [0.15, 0.2) is 5.65 Å². The number of carbonyl (C=O) groups excluding carboxylic acids is 1. The lowest BCUT2D eigenvalue weighted by Gasteiger charge is -2.41. The number of rotatable bonds is 1. The van der Waals surface area contributed by atoms with Crippen LogP contribution in [0.3, 0.4) is 0 Å². The average Bonchev–Trinajstić information content (AvgIpc) is 3.33. The molecule has 148 valence electrons. The fourth-order valence-electron chi connectivity index (χ4n) is 4.65. The molecule has 7 heteroatoms. The molecule has 7 nitrogen and oxygen atoms in total. The van der Waals surface area contributed by atoms with Gasteiger partial charge < -0.3 is 14.8 Å². The summed E-state index contributed by atoms with van der Waals surface area (Å²) < 4.78 is 2.20. The Morgan fingerprint density at radius 2 is 1.93 bits per heavy atom. The van der Waals surface area contributed by atoms with Gasteiger partial charge in [0.2, 0.25) is 0 Å². The summed E-state index contributed by atoms with van der Waals surface area (Å²) in [5.74, 6) is 1.29. The Morgan fingerprint density at radius 1 is 1.14 bits per heavy atom. The van der Waals surface area contributed by atoms with Crippen LogP contribution < -0.4 is 0 Å². The number of amides is 2. The zero-order valence-corrected chi connectivity index (χ0v) is 16.7. The Kier molecular flexibility index (Phi) is 4.07. The van der Waals surface area contributed by atoms with Crippen LogP contribution in [0.1, 0.15) is 51.3 Å².